The van der Waals surface area contributed by atoms with Crippen LogP contribution in [0.2, 0.25) is 0 Å². The topological polar surface area (TPSA) is 52.3 Å². The van der Waals surface area contributed by atoms with Crippen molar-refractivity contribution >= 4 is 5.97 Å². The second-order valence-electron chi connectivity index (χ2n) is 3.21. The Bertz CT molecular complexity index is 341. The lowest BCUT2D eigenvalue weighted by Crippen LogP contribution is -2.31. The zero-order chi connectivity index (χ0) is 11.3. The van der Waals surface area contributed by atoms with Crippen molar-refractivity contribution in [3.05, 3.63) is 35.6 Å². The summed E-state index contributed by atoms with van der Waals surface area (Å²) >= 11 is 0. The van der Waals surface area contributed by atoms with Crippen LogP contribution in [0, 0.1) is 5.82 Å². The predicted molar refractivity (Wildman–Crippen MR) is 54.5 cm³/mol. The summed E-state index contributed by atoms with van der Waals surface area (Å²) in [5.74, 6) is -0.879. The van der Waals surface area contributed by atoms with Crippen LogP contribution in [0.4, 0.5) is 4.39 Å². The number of rotatable bonds is 4. The van der Waals surface area contributed by atoms with Crippen molar-refractivity contribution in [1.82, 2.24) is 0 Å². The molecule has 0 aliphatic rings. The largest absolute Gasteiger partial charge is 0.460 e. The molecule has 1 atom stereocenters. The predicted octanol–water partition coefficient (Wildman–Crippen LogP) is 1.61. The van der Waals surface area contributed by atoms with Crippen molar-refractivity contribution in [2.24, 2.45) is 5.73 Å². The molecule has 3 nitrogen and oxygen atoms in total. The van der Waals surface area contributed by atoms with Gasteiger partial charge in [0.15, 0.2) is 0 Å². The number of hydrogen-bond donors (Lipinski definition) is 1. The molecule has 1 aromatic rings. The Morgan fingerprint density at radius 3 is 2.80 bits per heavy atom. The fraction of sp³-hybridized carbons (Fsp3) is 0.364. The molecule has 0 heterocycles. The lowest BCUT2D eigenvalue weighted by atomic mass is 10.2. The van der Waals surface area contributed by atoms with Gasteiger partial charge in [-0.3, -0.25) is 4.79 Å². The second-order valence-corrected chi connectivity index (χ2v) is 3.21. The van der Waals surface area contributed by atoms with Crippen LogP contribution in [-0.4, -0.2) is 12.0 Å². The number of ether oxygens (including phenoxy) is 1. The summed E-state index contributed by atoms with van der Waals surface area (Å²) in [7, 11) is 0. The third kappa shape index (κ3) is 3.32. The molecule has 0 bridgehead atoms. The van der Waals surface area contributed by atoms with Gasteiger partial charge in [0.2, 0.25) is 0 Å². The summed E-state index contributed by atoms with van der Waals surface area (Å²) < 4.78 is 18.0. The minimum atomic E-state index is -0.628. The molecule has 0 saturated heterocycles. The maximum Gasteiger partial charge on any atom is 0.323 e. The number of nitrogens with two attached hydrogens (primary N) is 1. The van der Waals surface area contributed by atoms with Gasteiger partial charge in [-0.15, -0.1) is 0 Å². The maximum atomic E-state index is 13.1. The van der Waals surface area contributed by atoms with Gasteiger partial charge in [-0.2, -0.15) is 0 Å². The Morgan fingerprint density at radius 2 is 2.20 bits per heavy atom. The van der Waals surface area contributed by atoms with Crippen LogP contribution in [0.5, 0.6) is 0 Å². The Morgan fingerprint density at radius 1 is 1.53 bits per heavy atom. The molecule has 1 aromatic carbocycles. The van der Waals surface area contributed by atoms with E-state index in [1.165, 1.54) is 6.07 Å². The van der Waals surface area contributed by atoms with Gasteiger partial charge < -0.3 is 10.5 Å². The Labute approximate surface area is 88.0 Å². The Balaban J connectivity index is 2.51. The van der Waals surface area contributed by atoms with Crippen molar-refractivity contribution in [3.63, 3.8) is 0 Å². The molecule has 0 aliphatic heterocycles. The van der Waals surface area contributed by atoms with Crippen LogP contribution >= 0.6 is 0 Å². The van der Waals surface area contributed by atoms with E-state index in [0.717, 1.165) is 0 Å². The summed E-state index contributed by atoms with van der Waals surface area (Å²) in [6.45, 7) is 1.72. The summed E-state index contributed by atoms with van der Waals surface area (Å²) in [6.07, 6.45) is 0.510. The molecule has 4 heteroatoms. The van der Waals surface area contributed by atoms with Gasteiger partial charge in [-0.1, -0.05) is 25.1 Å². The molecule has 0 unspecified atom stereocenters. The van der Waals surface area contributed by atoms with Crippen LogP contribution in [0.25, 0.3) is 0 Å². The molecule has 0 amide bonds. The van der Waals surface area contributed by atoms with E-state index in [1.54, 1.807) is 25.1 Å². The summed E-state index contributed by atoms with van der Waals surface area (Å²) in [5, 5.41) is 0. The highest BCUT2D eigenvalue weighted by Crippen LogP contribution is 2.08. The van der Waals surface area contributed by atoms with Gasteiger partial charge in [0.1, 0.15) is 18.5 Å². The lowest BCUT2D eigenvalue weighted by Gasteiger charge is -2.09. The summed E-state index contributed by atoms with van der Waals surface area (Å²) in [5.41, 5.74) is 5.81. The van der Waals surface area contributed by atoms with Crippen LogP contribution in [-0.2, 0) is 16.1 Å². The number of carbonyl (C=O) groups is 1. The highest BCUT2D eigenvalue weighted by atomic mass is 19.1. The molecule has 82 valence electrons. The molecule has 1 rings (SSSR count). The molecule has 0 aliphatic carbocycles. The highest BCUT2D eigenvalue weighted by molar-refractivity contribution is 5.75. The van der Waals surface area contributed by atoms with Crippen molar-refractivity contribution < 1.29 is 13.9 Å². The van der Waals surface area contributed by atoms with Gasteiger partial charge in [-0.05, 0) is 12.5 Å². The zero-order valence-corrected chi connectivity index (χ0v) is 8.57. The molecular weight excluding hydrogens is 197 g/mol. The molecule has 0 saturated carbocycles. The van der Waals surface area contributed by atoms with E-state index in [9.17, 15) is 9.18 Å². The highest BCUT2D eigenvalue weighted by Gasteiger charge is 2.13. The maximum absolute atomic E-state index is 13.1. The first kappa shape index (κ1) is 11.7. The normalized spacial score (nSPS) is 12.2. The number of esters is 1. The van der Waals surface area contributed by atoms with E-state index in [0.29, 0.717) is 12.0 Å². The van der Waals surface area contributed by atoms with Gasteiger partial charge in [-0.25, -0.2) is 4.39 Å². The minimum Gasteiger partial charge on any atom is -0.460 e. The first-order valence-corrected chi connectivity index (χ1v) is 4.80. The smallest absolute Gasteiger partial charge is 0.323 e. The third-order valence-corrected chi connectivity index (χ3v) is 2.07. The molecule has 0 radical (unpaired) electrons. The monoisotopic (exact) mass is 211 g/mol. The zero-order valence-electron chi connectivity index (χ0n) is 8.57. The van der Waals surface area contributed by atoms with Gasteiger partial charge >= 0.3 is 5.97 Å². The third-order valence-electron chi connectivity index (χ3n) is 2.07. The number of halogens is 1. The number of carbonyl (C=O) groups excluding carboxylic acids is 1. The van der Waals surface area contributed by atoms with Crippen molar-refractivity contribution in [2.75, 3.05) is 0 Å². The van der Waals surface area contributed by atoms with Crippen molar-refractivity contribution in [2.45, 2.75) is 26.0 Å². The van der Waals surface area contributed by atoms with Gasteiger partial charge in [0, 0.05) is 5.56 Å². The first-order valence-electron chi connectivity index (χ1n) is 4.80. The van der Waals surface area contributed by atoms with E-state index in [4.69, 9.17) is 10.5 Å². The molecule has 0 aromatic heterocycles. The molecule has 0 spiro atoms. The van der Waals surface area contributed by atoms with Crippen LogP contribution in [0.15, 0.2) is 24.3 Å². The molecular formula is C11H14FNO2. The number of hydrogen-bond acceptors (Lipinski definition) is 3. The SMILES string of the molecule is CC[C@H](N)C(=O)OCc1ccccc1F. The van der Waals surface area contributed by atoms with E-state index in [1.807, 2.05) is 0 Å². The molecule has 0 fully saturated rings. The van der Waals surface area contributed by atoms with E-state index < -0.39 is 12.0 Å². The molecule has 2 N–H and O–H groups in total. The Kier molecular flexibility index (Phi) is 4.24. The standard InChI is InChI=1S/C11H14FNO2/c1-2-10(13)11(14)15-7-8-5-3-4-6-9(8)12/h3-6,10H,2,7,13H2,1H3/t10-/m0/s1. The average molecular weight is 211 g/mol. The van der Waals surface area contributed by atoms with Crippen molar-refractivity contribution in [1.29, 1.82) is 0 Å². The van der Waals surface area contributed by atoms with Gasteiger partial charge in [0.25, 0.3) is 0 Å². The summed E-state index contributed by atoms with van der Waals surface area (Å²) in [4.78, 5) is 11.2. The lowest BCUT2D eigenvalue weighted by molar-refractivity contribution is -0.146. The van der Waals surface area contributed by atoms with E-state index in [-0.39, 0.29) is 12.4 Å². The summed E-state index contributed by atoms with van der Waals surface area (Å²) in [6, 6.07) is 5.53. The fourth-order valence-electron chi connectivity index (χ4n) is 1.04. The number of benzene rings is 1. The molecule has 15 heavy (non-hydrogen) atoms. The minimum absolute atomic E-state index is 0.0702. The van der Waals surface area contributed by atoms with E-state index >= 15 is 0 Å². The van der Waals surface area contributed by atoms with Crippen LogP contribution in [0.1, 0.15) is 18.9 Å². The Hall–Kier alpha value is -1.42. The fourth-order valence-corrected chi connectivity index (χ4v) is 1.04. The second kappa shape index (κ2) is 5.46. The average Bonchev–Trinajstić information content (AvgIpc) is 2.26. The van der Waals surface area contributed by atoms with E-state index in [2.05, 4.69) is 0 Å². The van der Waals surface area contributed by atoms with Crippen molar-refractivity contribution in [3.8, 4) is 0 Å². The first-order chi connectivity index (χ1) is 7.15. The van der Waals surface area contributed by atoms with Crippen LogP contribution in [0.3, 0.4) is 0 Å². The quantitative estimate of drug-likeness (QED) is 0.770. The van der Waals surface area contributed by atoms with Gasteiger partial charge in [0.05, 0.1) is 0 Å². The van der Waals surface area contributed by atoms with Crippen LogP contribution < -0.4 is 5.73 Å².